The minimum absolute atomic E-state index is 0.0254. The molecular weight excluding hydrogens is 400 g/mol. The van der Waals surface area contributed by atoms with Crippen LogP contribution in [0.3, 0.4) is 0 Å². The van der Waals surface area contributed by atoms with Crippen LogP contribution in [0.15, 0.2) is 88.0 Å². The van der Waals surface area contributed by atoms with E-state index in [1.54, 1.807) is 30.5 Å². The van der Waals surface area contributed by atoms with Crippen LogP contribution in [0, 0.1) is 0 Å². The van der Waals surface area contributed by atoms with E-state index in [9.17, 15) is 14.7 Å². The highest BCUT2D eigenvalue weighted by atomic mass is 32.1. The minimum atomic E-state index is -0.708. The van der Waals surface area contributed by atoms with Crippen molar-refractivity contribution >= 4 is 34.0 Å². The van der Waals surface area contributed by atoms with Crippen molar-refractivity contribution in [1.82, 2.24) is 9.88 Å². The Balaban J connectivity index is 1.58. The highest BCUT2D eigenvalue weighted by Gasteiger charge is 2.45. The smallest absolute Gasteiger partial charge is 0.290 e. The minimum Gasteiger partial charge on any atom is -0.503 e. The average Bonchev–Trinajstić information content (AvgIpc) is 3.49. The summed E-state index contributed by atoms with van der Waals surface area (Å²) < 4.78 is 5.71. The summed E-state index contributed by atoms with van der Waals surface area (Å²) in [4.78, 5) is 32.9. The van der Waals surface area contributed by atoms with Crippen molar-refractivity contribution in [2.24, 2.45) is 0 Å². The number of hydrogen-bond acceptors (Lipinski definition) is 6. The van der Waals surface area contributed by atoms with E-state index in [1.165, 1.54) is 16.2 Å². The van der Waals surface area contributed by atoms with Crippen LogP contribution in [-0.2, 0) is 11.3 Å². The molecule has 30 heavy (non-hydrogen) atoms. The Hall–Kier alpha value is -3.71. The quantitative estimate of drug-likeness (QED) is 0.478. The number of pyridine rings is 1. The Morgan fingerprint density at radius 3 is 2.70 bits per heavy atom. The van der Waals surface area contributed by atoms with Gasteiger partial charge in [-0.2, -0.15) is 0 Å². The maximum atomic E-state index is 13.4. The molecular formula is C23H16N2O4S. The van der Waals surface area contributed by atoms with Crippen molar-refractivity contribution in [3.63, 3.8) is 0 Å². The van der Waals surface area contributed by atoms with Crippen molar-refractivity contribution in [3.8, 4) is 0 Å². The molecule has 148 valence electrons. The van der Waals surface area contributed by atoms with Crippen LogP contribution in [0.2, 0.25) is 0 Å². The monoisotopic (exact) mass is 416 g/mol. The molecule has 0 fully saturated rings. The Morgan fingerprint density at radius 2 is 1.97 bits per heavy atom. The zero-order valence-electron chi connectivity index (χ0n) is 15.7. The molecule has 6 nitrogen and oxygen atoms in total. The number of furan rings is 1. The second kappa shape index (κ2) is 7.27. The van der Waals surface area contributed by atoms with Crippen LogP contribution in [-0.4, -0.2) is 26.7 Å². The second-order valence-corrected chi connectivity index (χ2v) is 7.89. The van der Waals surface area contributed by atoms with Gasteiger partial charge in [-0.15, -0.1) is 11.3 Å². The summed E-state index contributed by atoms with van der Waals surface area (Å²) in [6, 6.07) is 17.3. The van der Waals surface area contributed by atoms with E-state index in [0.717, 1.165) is 10.3 Å². The predicted octanol–water partition coefficient (Wildman–Crippen LogP) is 4.67. The molecule has 1 unspecified atom stereocenters. The molecule has 1 aromatic carbocycles. The lowest BCUT2D eigenvalue weighted by Crippen LogP contribution is -2.30. The van der Waals surface area contributed by atoms with Crippen LogP contribution in [0.5, 0.6) is 0 Å². The van der Waals surface area contributed by atoms with E-state index in [1.807, 2.05) is 41.8 Å². The van der Waals surface area contributed by atoms with Crippen LogP contribution >= 0.6 is 11.3 Å². The molecule has 1 atom stereocenters. The molecule has 1 aliphatic rings. The summed E-state index contributed by atoms with van der Waals surface area (Å²) in [6.07, 6.45) is 1.64. The second-order valence-electron chi connectivity index (χ2n) is 6.91. The maximum Gasteiger partial charge on any atom is 0.290 e. The van der Waals surface area contributed by atoms with Gasteiger partial charge < -0.3 is 14.4 Å². The zero-order chi connectivity index (χ0) is 20.7. The molecule has 1 N–H and O–H groups in total. The first-order valence-corrected chi connectivity index (χ1v) is 10.2. The van der Waals surface area contributed by atoms with Gasteiger partial charge in [-0.3, -0.25) is 14.6 Å². The summed E-state index contributed by atoms with van der Waals surface area (Å²) in [7, 11) is 0. The van der Waals surface area contributed by atoms with Gasteiger partial charge >= 0.3 is 0 Å². The summed E-state index contributed by atoms with van der Waals surface area (Å²) in [5.41, 5.74) is 1.26. The highest BCUT2D eigenvalue weighted by molar-refractivity contribution is 7.10. The third-order valence-corrected chi connectivity index (χ3v) is 5.99. The Labute approximate surface area is 175 Å². The topological polar surface area (TPSA) is 83.6 Å². The van der Waals surface area contributed by atoms with Crippen LogP contribution in [0.4, 0.5) is 0 Å². The van der Waals surface area contributed by atoms with E-state index in [0.29, 0.717) is 11.3 Å². The first-order valence-electron chi connectivity index (χ1n) is 9.34. The maximum absolute atomic E-state index is 13.4. The van der Waals surface area contributed by atoms with Gasteiger partial charge in [0.2, 0.25) is 5.78 Å². The molecule has 5 rings (SSSR count). The fourth-order valence-electron chi connectivity index (χ4n) is 3.68. The average molecular weight is 416 g/mol. The lowest BCUT2D eigenvalue weighted by molar-refractivity contribution is -0.130. The number of aliphatic hydroxyl groups is 1. The van der Waals surface area contributed by atoms with E-state index < -0.39 is 23.5 Å². The van der Waals surface area contributed by atoms with Crippen LogP contribution < -0.4 is 0 Å². The molecule has 0 aliphatic carbocycles. The fourth-order valence-corrected chi connectivity index (χ4v) is 4.53. The first-order chi connectivity index (χ1) is 14.6. The molecule has 1 amide bonds. The number of carbonyl (C=O) groups is 2. The van der Waals surface area contributed by atoms with E-state index in [4.69, 9.17) is 4.42 Å². The number of amides is 1. The first kappa shape index (κ1) is 18.3. The normalized spacial score (nSPS) is 16.6. The molecule has 0 saturated heterocycles. The number of nitrogens with zero attached hydrogens (tertiary/aromatic N) is 2. The lowest BCUT2D eigenvalue weighted by atomic mass is 10.00. The predicted molar refractivity (Wildman–Crippen MR) is 112 cm³/mol. The van der Waals surface area contributed by atoms with Crippen molar-refractivity contribution in [2.75, 3.05) is 0 Å². The lowest BCUT2D eigenvalue weighted by Gasteiger charge is -2.25. The summed E-state index contributed by atoms with van der Waals surface area (Å²) in [5, 5.41) is 13.3. The van der Waals surface area contributed by atoms with Gasteiger partial charge in [0.15, 0.2) is 11.5 Å². The van der Waals surface area contributed by atoms with Crippen molar-refractivity contribution in [2.45, 2.75) is 12.6 Å². The number of para-hydroxylation sites is 1. The molecule has 1 aliphatic heterocycles. The molecule has 7 heteroatoms. The number of carbonyl (C=O) groups excluding carboxylic acids is 2. The SMILES string of the molecule is O=C(C1=C(O)C(=O)N(Cc2ccccn2)C1c1cccs1)c1cc2ccccc2o1. The Morgan fingerprint density at radius 1 is 1.13 bits per heavy atom. The number of Topliss-reactive ketones (excluding diaryl/α,β-unsaturated/α-hetero) is 1. The summed E-state index contributed by atoms with van der Waals surface area (Å²) in [6.45, 7) is 0.170. The van der Waals surface area contributed by atoms with Gasteiger partial charge in [-0.25, -0.2) is 0 Å². The van der Waals surface area contributed by atoms with Crippen molar-refractivity contribution in [3.05, 3.63) is 99.9 Å². The Kier molecular flexibility index (Phi) is 4.44. The van der Waals surface area contributed by atoms with Crippen molar-refractivity contribution < 1.29 is 19.1 Å². The number of fused-ring (bicyclic) bond motifs is 1. The van der Waals surface area contributed by atoms with E-state index in [-0.39, 0.29) is 17.9 Å². The third-order valence-electron chi connectivity index (χ3n) is 5.07. The molecule has 4 aromatic rings. The zero-order valence-corrected chi connectivity index (χ0v) is 16.5. The van der Waals surface area contributed by atoms with Gasteiger partial charge in [0.25, 0.3) is 5.91 Å². The Bertz CT molecular complexity index is 1240. The number of hydrogen-bond donors (Lipinski definition) is 1. The number of benzene rings is 1. The highest BCUT2D eigenvalue weighted by Crippen LogP contribution is 2.41. The molecule has 0 spiro atoms. The number of ketones is 1. The number of aliphatic hydroxyl groups excluding tert-OH is 1. The molecule has 4 heterocycles. The number of thiophene rings is 1. The summed E-state index contributed by atoms with van der Waals surface area (Å²) >= 11 is 1.42. The number of rotatable bonds is 5. The number of aromatic nitrogens is 1. The molecule has 0 bridgehead atoms. The van der Waals surface area contributed by atoms with E-state index in [2.05, 4.69) is 4.98 Å². The van der Waals surface area contributed by atoms with Gasteiger partial charge in [-0.1, -0.05) is 30.3 Å². The van der Waals surface area contributed by atoms with Crippen molar-refractivity contribution in [1.29, 1.82) is 0 Å². The molecule has 0 saturated carbocycles. The summed E-state index contributed by atoms with van der Waals surface area (Å²) in [5.74, 6) is -1.56. The third kappa shape index (κ3) is 3.00. The van der Waals surface area contributed by atoms with Crippen LogP contribution in [0.1, 0.15) is 27.2 Å². The van der Waals surface area contributed by atoms with Gasteiger partial charge in [0, 0.05) is 16.5 Å². The standard InChI is InChI=1S/C23H16N2O4S/c26-21(17-12-14-6-1-2-8-16(14)29-17)19-20(18-9-5-11-30-18)25(23(28)22(19)27)13-15-7-3-4-10-24-15/h1-12,20,27H,13H2. The van der Waals surface area contributed by atoms with Crippen LogP contribution in [0.25, 0.3) is 11.0 Å². The largest absolute Gasteiger partial charge is 0.503 e. The molecule has 3 aromatic heterocycles. The van der Waals surface area contributed by atoms with Gasteiger partial charge in [-0.05, 0) is 35.7 Å². The van der Waals surface area contributed by atoms with Gasteiger partial charge in [0.05, 0.1) is 17.8 Å². The van der Waals surface area contributed by atoms with Gasteiger partial charge in [0.1, 0.15) is 11.6 Å². The van der Waals surface area contributed by atoms with E-state index >= 15 is 0 Å². The molecule has 0 radical (unpaired) electrons. The fraction of sp³-hybridized carbons (Fsp3) is 0.0870.